The molecule has 0 saturated heterocycles. The number of thiophene rings is 1. The first-order chi connectivity index (χ1) is 2.50. The molecule has 0 unspecified atom stereocenters. The predicted octanol–water partition coefficient (Wildman–Crippen LogP) is 1.15. The molecule has 0 N–H and O–H groups in total. The summed E-state index contributed by atoms with van der Waals surface area (Å²) in [6.45, 7) is 0. The van der Waals surface area contributed by atoms with Gasteiger partial charge in [0.25, 0.3) is 0 Å². The minimum atomic E-state index is 1.48. The van der Waals surface area contributed by atoms with E-state index in [2.05, 4.69) is 17.5 Å². The lowest BCUT2D eigenvalue weighted by Crippen LogP contribution is -1.23. The standard InChI is InChI=1S/C4HS/c1-2-4-5-3-1/h3H. The number of hydrogen-bond acceptors (Lipinski definition) is 1. The van der Waals surface area contributed by atoms with E-state index >= 15 is 0 Å². The Labute approximate surface area is 35.1 Å². The molecule has 23 valence electrons. The van der Waals surface area contributed by atoms with E-state index in [1.54, 1.807) is 5.38 Å². The Morgan fingerprint density at radius 2 is 2.60 bits per heavy atom. The van der Waals surface area contributed by atoms with Gasteiger partial charge in [0.1, 0.15) is 0 Å². The van der Waals surface area contributed by atoms with Crippen LogP contribution < -0.4 is 0 Å². The molecule has 0 spiro atoms. The molecule has 0 aromatic carbocycles. The van der Waals surface area contributed by atoms with E-state index in [1.807, 2.05) is 0 Å². The summed E-state index contributed by atoms with van der Waals surface area (Å²) in [5, 5.41) is 4.53. The predicted molar refractivity (Wildman–Crippen MR) is 20.8 cm³/mol. The van der Waals surface area contributed by atoms with Crippen LogP contribution in [0.15, 0.2) is 5.38 Å². The van der Waals surface area contributed by atoms with Gasteiger partial charge in [-0.1, -0.05) is 0 Å². The molecule has 3 radical (unpaired) electrons. The average molecular weight is 81.1 g/mol. The van der Waals surface area contributed by atoms with Crippen LogP contribution in [0.4, 0.5) is 0 Å². The van der Waals surface area contributed by atoms with Gasteiger partial charge in [-0.3, -0.25) is 0 Å². The lowest BCUT2D eigenvalue weighted by atomic mass is 10.7. The molecule has 1 heteroatoms. The van der Waals surface area contributed by atoms with Gasteiger partial charge in [-0.2, -0.15) is 0 Å². The molecule has 0 aliphatic heterocycles. The van der Waals surface area contributed by atoms with Gasteiger partial charge in [0.15, 0.2) is 0 Å². The van der Waals surface area contributed by atoms with Crippen molar-refractivity contribution in [2.75, 3.05) is 0 Å². The summed E-state index contributed by atoms with van der Waals surface area (Å²) in [4.78, 5) is 0. The molecule has 0 nitrogen and oxygen atoms in total. The molecule has 0 aliphatic carbocycles. The molecule has 1 aromatic rings. The fourth-order valence-electron chi connectivity index (χ4n) is 0.147. The zero-order valence-corrected chi connectivity index (χ0v) is 3.30. The van der Waals surface area contributed by atoms with E-state index in [1.165, 1.54) is 11.3 Å². The van der Waals surface area contributed by atoms with Crippen LogP contribution in [0.1, 0.15) is 0 Å². The second-order valence-electron chi connectivity index (χ2n) is 0.607. The Bertz CT molecular complexity index is 60.1. The van der Waals surface area contributed by atoms with Crippen LogP contribution in [0.2, 0.25) is 0 Å². The normalized spacial score (nSPS) is 8.00. The molecule has 0 bridgehead atoms. The lowest BCUT2D eigenvalue weighted by Gasteiger charge is -1.37. The topological polar surface area (TPSA) is 0 Å². The zero-order chi connectivity index (χ0) is 3.54. The van der Waals surface area contributed by atoms with Gasteiger partial charge in [0.2, 0.25) is 0 Å². The summed E-state index contributed by atoms with van der Waals surface area (Å²) < 4.78 is 0. The second-order valence-corrected chi connectivity index (χ2v) is 1.28. The van der Waals surface area contributed by atoms with Crippen LogP contribution in [0.5, 0.6) is 0 Å². The summed E-state index contributed by atoms with van der Waals surface area (Å²) >= 11 is 1.48. The Hall–Kier alpha value is -0.300. The van der Waals surface area contributed by atoms with Gasteiger partial charge in [0.05, 0.1) is 5.38 Å². The molecule has 1 rings (SSSR count). The van der Waals surface area contributed by atoms with Gasteiger partial charge in [-0.05, 0) is 5.38 Å². The average Bonchev–Trinajstić information content (AvgIpc) is 1.76. The quantitative estimate of drug-likeness (QED) is 0.439. The third-order valence-electron chi connectivity index (χ3n) is 0.300. The molecule has 1 aromatic heterocycles. The van der Waals surface area contributed by atoms with Crippen molar-refractivity contribution < 1.29 is 0 Å². The van der Waals surface area contributed by atoms with Crippen molar-refractivity contribution >= 4 is 11.3 Å². The Balaban J connectivity index is 3.13. The Morgan fingerprint density at radius 3 is 2.80 bits per heavy atom. The maximum absolute atomic E-state index is 2.72. The highest BCUT2D eigenvalue weighted by Gasteiger charge is 1.62. The van der Waals surface area contributed by atoms with Crippen molar-refractivity contribution in [3.8, 4) is 0 Å². The molecular formula is C4HS. The van der Waals surface area contributed by atoms with Crippen molar-refractivity contribution in [3.63, 3.8) is 0 Å². The summed E-state index contributed by atoms with van der Waals surface area (Å²) in [5.74, 6) is 0. The van der Waals surface area contributed by atoms with E-state index < -0.39 is 0 Å². The Morgan fingerprint density at radius 1 is 1.60 bits per heavy atom. The molecule has 0 saturated carbocycles. The van der Waals surface area contributed by atoms with Gasteiger partial charge in [-0.25, -0.2) is 0 Å². The highest BCUT2D eigenvalue weighted by molar-refractivity contribution is 7.07. The van der Waals surface area contributed by atoms with Crippen LogP contribution in [0.3, 0.4) is 0 Å². The van der Waals surface area contributed by atoms with Crippen molar-refractivity contribution in [1.82, 2.24) is 0 Å². The Kier molecular flexibility index (Phi) is 0.711. The highest BCUT2D eigenvalue weighted by Crippen LogP contribution is 1.87. The smallest absolute Gasteiger partial charge is 0.0534 e. The van der Waals surface area contributed by atoms with Crippen LogP contribution in [0, 0.1) is 17.5 Å². The summed E-state index contributed by atoms with van der Waals surface area (Å²) in [5.41, 5.74) is 0. The fraction of sp³-hybridized carbons (Fsp3) is 0. The third kappa shape index (κ3) is 0.484. The summed E-state index contributed by atoms with van der Waals surface area (Å²) in [6.07, 6.45) is 0. The van der Waals surface area contributed by atoms with Crippen molar-refractivity contribution in [2.24, 2.45) is 0 Å². The van der Waals surface area contributed by atoms with Crippen LogP contribution >= 0.6 is 11.3 Å². The molecule has 0 aliphatic rings. The maximum Gasteiger partial charge on any atom is 0.0534 e. The van der Waals surface area contributed by atoms with Gasteiger partial charge < -0.3 is 0 Å². The first-order valence-corrected chi connectivity index (χ1v) is 2.11. The van der Waals surface area contributed by atoms with E-state index in [0.29, 0.717) is 0 Å². The maximum atomic E-state index is 2.72. The van der Waals surface area contributed by atoms with Gasteiger partial charge in [0, 0.05) is 12.1 Å². The summed E-state index contributed by atoms with van der Waals surface area (Å²) in [7, 11) is 0. The minimum absolute atomic E-state index is 1.48. The molecule has 0 atom stereocenters. The number of rotatable bonds is 0. The lowest BCUT2D eigenvalue weighted by molar-refractivity contribution is 1.94. The zero-order valence-electron chi connectivity index (χ0n) is 2.49. The van der Waals surface area contributed by atoms with Crippen molar-refractivity contribution in [3.05, 3.63) is 22.9 Å². The SMILES string of the molecule is [c]1[c]cs[c]1. The van der Waals surface area contributed by atoms with E-state index in [4.69, 9.17) is 0 Å². The van der Waals surface area contributed by atoms with Gasteiger partial charge >= 0.3 is 0 Å². The number of hydrogen-bond donors (Lipinski definition) is 0. The van der Waals surface area contributed by atoms with Crippen molar-refractivity contribution in [2.45, 2.75) is 0 Å². The first-order valence-electron chi connectivity index (χ1n) is 1.23. The van der Waals surface area contributed by atoms with Crippen molar-refractivity contribution in [1.29, 1.82) is 0 Å². The van der Waals surface area contributed by atoms with E-state index in [0.717, 1.165) is 0 Å². The molecular weight excluding hydrogens is 80.1 g/mol. The molecule has 0 fully saturated rings. The molecule has 5 heavy (non-hydrogen) atoms. The summed E-state index contributed by atoms with van der Waals surface area (Å²) in [6, 6.07) is 5.33. The van der Waals surface area contributed by atoms with Crippen LogP contribution in [-0.2, 0) is 0 Å². The van der Waals surface area contributed by atoms with E-state index in [-0.39, 0.29) is 0 Å². The largest absolute Gasteiger partial charge is 0.142 e. The second kappa shape index (κ2) is 1.22. The molecule has 1 heterocycles. The first kappa shape index (κ1) is 2.91. The minimum Gasteiger partial charge on any atom is -0.142 e. The monoisotopic (exact) mass is 81.0 g/mol. The molecule has 0 amide bonds. The third-order valence-corrected chi connectivity index (χ3v) is 0.756. The van der Waals surface area contributed by atoms with Crippen LogP contribution in [-0.4, -0.2) is 0 Å². The van der Waals surface area contributed by atoms with Gasteiger partial charge in [-0.15, -0.1) is 11.3 Å². The van der Waals surface area contributed by atoms with E-state index in [9.17, 15) is 0 Å². The highest BCUT2D eigenvalue weighted by atomic mass is 32.1. The fourth-order valence-corrected chi connectivity index (χ4v) is 0.442. The van der Waals surface area contributed by atoms with Crippen LogP contribution in [0.25, 0.3) is 0 Å².